The van der Waals surface area contributed by atoms with Crippen molar-refractivity contribution in [2.45, 2.75) is 18.3 Å². The molecule has 11 nitrogen and oxygen atoms in total. The summed E-state index contributed by atoms with van der Waals surface area (Å²) >= 11 is 0. The number of benzene rings is 2. The number of ether oxygens (including phenoxy) is 2. The van der Waals surface area contributed by atoms with Crippen LogP contribution in [0.2, 0.25) is 0 Å². The zero-order valence-corrected chi connectivity index (χ0v) is 25.4. The van der Waals surface area contributed by atoms with Gasteiger partial charge in [-0.2, -0.15) is 5.10 Å². The van der Waals surface area contributed by atoms with E-state index >= 15 is 0 Å². The van der Waals surface area contributed by atoms with Crippen LogP contribution in [0.3, 0.4) is 0 Å². The second kappa shape index (κ2) is 13.2. The summed E-state index contributed by atoms with van der Waals surface area (Å²) in [7, 11) is 6.26. The first kappa shape index (κ1) is 29.3. The Bertz CT molecular complexity index is 1470. The highest BCUT2D eigenvalue weighted by Crippen LogP contribution is 2.35. The molecule has 43 heavy (non-hydrogen) atoms. The van der Waals surface area contributed by atoms with E-state index in [1.54, 1.807) is 0 Å². The van der Waals surface area contributed by atoms with E-state index in [2.05, 4.69) is 69.9 Å². The number of aromatic nitrogens is 2. The summed E-state index contributed by atoms with van der Waals surface area (Å²) in [5.41, 5.74) is 6.83. The Kier molecular flexibility index (Phi) is 9.01. The van der Waals surface area contributed by atoms with Crippen LogP contribution in [-0.4, -0.2) is 119 Å². The van der Waals surface area contributed by atoms with E-state index in [0.717, 1.165) is 86.3 Å². The topological polar surface area (TPSA) is 107 Å². The molecule has 2 unspecified atom stereocenters. The number of carbonyl (C=O) groups is 1. The Labute approximate surface area is 253 Å². The van der Waals surface area contributed by atoms with Crippen molar-refractivity contribution in [3.63, 3.8) is 0 Å². The fraction of sp³-hybridized carbons (Fsp3) is 0.500. The van der Waals surface area contributed by atoms with Gasteiger partial charge in [-0.15, -0.1) is 0 Å². The summed E-state index contributed by atoms with van der Waals surface area (Å²) in [6.07, 6.45) is 2.67. The van der Waals surface area contributed by atoms with E-state index in [-0.39, 0.29) is 17.7 Å². The Morgan fingerprint density at radius 1 is 1.09 bits per heavy atom. The minimum atomic E-state index is -0.0664. The molecule has 1 fully saturated rings. The molecular weight excluding hydrogens is 544 g/mol. The Morgan fingerprint density at radius 3 is 2.74 bits per heavy atom. The Balaban J connectivity index is 1.22. The second-order valence-electron chi connectivity index (χ2n) is 11.9. The van der Waals surface area contributed by atoms with E-state index in [1.165, 1.54) is 5.56 Å². The number of likely N-dealkylation sites (N-methyl/N-ethyl adjacent to an activating group) is 2. The van der Waals surface area contributed by atoms with Crippen molar-refractivity contribution in [2.75, 3.05) is 91.7 Å². The number of amides is 1. The van der Waals surface area contributed by atoms with Gasteiger partial charge in [0, 0.05) is 75.9 Å². The lowest BCUT2D eigenvalue weighted by molar-refractivity contribution is 0.0383. The summed E-state index contributed by atoms with van der Waals surface area (Å²) in [5.74, 6) is 2.65. The third-order valence-corrected chi connectivity index (χ3v) is 8.46. The molecule has 2 aromatic carbocycles. The van der Waals surface area contributed by atoms with Crippen molar-refractivity contribution in [2.24, 2.45) is 5.10 Å². The maximum atomic E-state index is 13.0. The van der Waals surface area contributed by atoms with Gasteiger partial charge in [0.25, 0.3) is 5.91 Å². The highest BCUT2D eigenvalue weighted by atomic mass is 16.5. The summed E-state index contributed by atoms with van der Waals surface area (Å²) in [5, 5.41) is 8.32. The van der Waals surface area contributed by atoms with Crippen LogP contribution in [0.15, 0.2) is 41.5 Å². The van der Waals surface area contributed by atoms with Crippen LogP contribution in [0.1, 0.15) is 39.1 Å². The van der Waals surface area contributed by atoms with Crippen LogP contribution in [0.5, 0.6) is 5.75 Å². The summed E-state index contributed by atoms with van der Waals surface area (Å²) in [6, 6.07) is 12.2. The fourth-order valence-electron chi connectivity index (χ4n) is 5.81. The van der Waals surface area contributed by atoms with Crippen molar-refractivity contribution in [1.29, 1.82) is 0 Å². The first-order chi connectivity index (χ1) is 20.9. The van der Waals surface area contributed by atoms with E-state index in [1.807, 2.05) is 24.4 Å². The fourth-order valence-corrected chi connectivity index (χ4v) is 5.81. The predicted molar refractivity (Wildman–Crippen MR) is 169 cm³/mol. The van der Waals surface area contributed by atoms with Crippen molar-refractivity contribution < 1.29 is 14.3 Å². The van der Waals surface area contributed by atoms with Gasteiger partial charge in [-0.05, 0) is 62.0 Å². The molecule has 2 N–H and O–H groups in total. The van der Waals surface area contributed by atoms with Gasteiger partial charge in [0.1, 0.15) is 17.4 Å². The Morgan fingerprint density at radius 2 is 1.95 bits per heavy atom. The Hall–Kier alpha value is -3.80. The van der Waals surface area contributed by atoms with E-state index in [9.17, 15) is 4.79 Å². The lowest BCUT2D eigenvalue weighted by Gasteiger charge is -2.27. The lowest BCUT2D eigenvalue weighted by Crippen LogP contribution is -2.41. The van der Waals surface area contributed by atoms with Crippen molar-refractivity contribution in [1.82, 2.24) is 30.5 Å². The maximum Gasteiger partial charge on any atom is 0.251 e. The van der Waals surface area contributed by atoms with Crippen molar-refractivity contribution in [3.05, 3.63) is 58.9 Å². The molecule has 228 valence electrons. The number of nitrogens with zero attached hydrogens (tertiary/aromatic N) is 6. The summed E-state index contributed by atoms with van der Waals surface area (Å²) < 4.78 is 11.6. The molecule has 1 aromatic heterocycles. The quantitative estimate of drug-likeness (QED) is 0.369. The van der Waals surface area contributed by atoms with Gasteiger partial charge in [0.05, 0.1) is 31.3 Å². The van der Waals surface area contributed by atoms with E-state index < -0.39 is 0 Å². The molecule has 3 aromatic rings. The van der Waals surface area contributed by atoms with Gasteiger partial charge in [-0.3, -0.25) is 9.69 Å². The third-order valence-electron chi connectivity index (χ3n) is 8.46. The predicted octanol–water partition coefficient (Wildman–Crippen LogP) is 2.08. The molecule has 1 saturated heterocycles. The van der Waals surface area contributed by atoms with Crippen LogP contribution in [-0.2, 0) is 11.2 Å². The molecule has 0 aliphatic carbocycles. The molecule has 1 amide bonds. The minimum Gasteiger partial charge on any atom is -0.493 e. The third kappa shape index (κ3) is 6.90. The first-order valence-electron chi connectivity index (χ1n) is 15.2. The van der Waals surface area contributed by atoms with Crippen molar-refractivity contribution >= 4 is 28.8 Å². The second-order valence-corrected chi connectivity index (χ2v) is 11.9. The minimum absolute atomic E-state index is 0.0247. The van der Waals surface area contributed by atoms with Gasteiger partial charge < -0.3 is 30.0 Å². The molecule has 0 spiro atoms. The summed E-state index contributed by atoms with van der Waals surface area (Å²) in [6.45, 7) is 7.79. The molecule has 3 aliphatic heterocycles. The molecule has 3 aliphatic rings. The van der Waals surface area contributed by atoms with E-state index in [0.29, 0.717) is 25.1 Å². The molecular formula is C32H42N8O3. The largest absolute Gasteiger partial charge is 0.493 e. The highest BCUT2D eigenvalue weighted by molar-refractivity contribution is 5.94. The number of hydrogen-bond donors (Lipinski definition) is 2. The molecule has 0 radical (unpaired) electrons. The normalized spacial score (nSPS) is 20.1. The standard InChI is InChI=1S/C32H42N8O3/c1-38(2)10-11-39(3)31-27-18-22(26-19-34-35-20-26)4-6-28(27)36-30(37-31)25-17-24-16-23(5-7-29(24)43-21-25)32(41)33-8-9-40-12-14-42-15-13-40/h4-7,16,18-19,25-26,35H,8-15,17,20-21H2,1-3H3,(H,33,41). The number of rotatable bonds is 10. The average molecular weight is 587 g/mol. The zero-order valence-electron chi connectivity index (χ0n) is 25.4. The number of nitrogens with one attached hydrogen (secondary N) is 2. The van der Waals surface area contributed by atoms with Crippen molar-refractivity contribution in [3.8, 4) is 5.75 Å². The van der Waals surface area contributed by atoms with Gasteiger partial charge in [-0.1, -0.05) is 6.07 Å². The van der Waals surface area contributed by atoms with Crippen LogP contribution in [0, 0.1) is 0 Å². The maximum absolute atomic E-state index is 13.0. The van der Waals surface area contributed by atoms with Crippen LogP contribution in [0.25, 0.3) is 10.9 Å². The number of fused-ring (bicyclic) bond motifs is 2. The molecule has 0 bridgehead atoms. The smallest absolute Gasteiger partial charge is 0.251 e. The van der Waals surface area contributed by atoms with Gasteiger partial charge in [0.2, 0.25) is 0 Å². The summed E-state index contributed by atoms with van der Waals surface area (Å²) in [4.78, 5) is 29.9. The number of morpholine rings is 1. The van der Waals surface area contributed by atoms with Gasteiger partial charge in [0.15, 0.2) is 0 Å². The molecule has 4 heterocycles. The molecule has 2 atom stereocenters. The molecule has 11 heteroatoms. The van der Waals surface area contributed by atoms with Crippen LogP contribution < -0.4 is 20.4 Å². The van der Waals surface area contributed by atoms with Crippen LogP contribution in [0.4, 0.5) is 5.82 Å². The SMILES string of the molecule is CN(C)CCN(C)c1nc(C2COc3ccc(C(=O)NCCN4CCOCC4)cc3C2)nc2ccc(C3C=NNC3)cc12. The van der Waals surface area contributed by atoms with E-state index in [4.69, 9.17) is 19.4 Å². The number of carbonyl (C=O) groups excluding carboxylic acids is 1. The highest BCUT2D eigenvalue weighted by Gasteiger charge is 2.27. The number of anilines is 1. The van der Waals surface area contributed by atoms with Gasteiger partial charge in [-0.25, -0.2) is 9.97 Å². The zero-order chi connectivity index (χ0) is 29.8. The molecule has 0 saturated carbocycles. The lowest BCUT2D eigenvalue weighted by atomic mass is 9.94. The first-order valence-corrected chi connectivity index (χ1v) is 15.2. The molecule has 6 rings (SSSR count). The average Bonchev–Trinajstić information content (AvgIpc) is 3.58. The van der Waals surface area contributed by atoms with Crippen LogP contribution >= 0.6 is 0 Å². The van der Waals surface area contributed by atoms with Gasteiger partial charge >= 0.3 is 0 Å². The number of hydrogen-bond acceptors (Lipinski definition) is 10. The monoisotopic (exact) mass is 586 g/mol. The number of hydrazone groups is 1.